The standard InChI is InChI=1S/C10H12O/c1-9(7-8-11)10-5-3-2-4-6-10/h2-6,8-9H,7H2,1H3/t9-/m0/s1/i8D. The summed E-state index contributed by atoms with van der Waals surface area (Å²) in [6.45, 7) is 1.96. The van der Waals surface area contributed by atoms with E-state index in [0.717, 1.165) is 5.56 Å². The predicted octanol–water partition coefficient (Wildman–Crippen LogP) is 2.38. The van der Waals surface area contributed by atoms with Crippen LogP contribution in [0.3, 0.4) is 0 Å². The van der Waals surface area contributed by atoms with Crippen LogP contribution in [0.15, 0.2) is 30.3 Å². The fourth-order valence-electron chi connectivity index (χ4n) is 1.02. The molecule has 1 aromatic carbocycles. The van der Waals surface area contributed by atoms with Gasteiger partial charge >= 0.3 is 0 Å². The van der Waals surface area contributed by atoms with Gasteiger partial charge in [-0.05, 0) is 11.5 Å². The van der Waals surface area contributed by atoms with Crippen molar-refractivity contribution in [1.29, 1.82) is 0 Å². The van der Waals surface area contributed by atoms with Gasteiger partial charge in [-0.25, -0.2) is 0 Å². The first-order valence-corrected chi connectivity index (χ1v) is 3.74. The van der Waals surface area contributed by atoms with Crippen molar-refractivity contribution in [2.45, 2.75) is 19.3 Å². The van der Waals surface area contributed by atoms with Crippen LogP contribution in [0, 0.1) is 0 Å². The van der Waals surface area contributed by atoms with Crippen LogP contribution in [0.1, 0.15) is 26.2 Å². The molecule has 0 spiro atoms. The van der Waals surface area contributed by atoms with Crippen LogP contribution in [0.25, 0.3) is 0 Å². The molecule has 0 aliphatic heterocycles. The van der Waals surface area contributed by atoms with E-state index in [2.05, 4.69) is 0 Å². The zero-order chi connectivity index (χ0) is 8.97. The summed E-state index contributed by atoms with van der Waals surface area (Å²) in [5.41, 5.74) is 1.12. The summed E-state index contributed by atoms with van der Waals surface area (Å²) in [4.78, 5) is 10.5. The van der Waals surface area contributed by atoms with Crippen molar-refractivity contribution in [2.75, 3.05) is 0 Å². The van der Waals surface area contributed by atoms with Crippen LogP contribution in [0.5, 0.6) is 0 Å². The summed E-state index contributed by atoms with van der Waals surface area (Å²) in [5.74, 6) is 0.163. The van der Waals surface area contributed by atoms with Gasteiger partial charge in [-0.15, -0.1) is 0 Å². The van der Waals surface area contributed by atoms with Crippen molar-refractivity contribution in [2.24, 2.45) is 0 Å². The minimum atomic E-state index is -0.494. The van der Waals surface area contributed by atoms with Crippen molar-refractivity contribution in [3.63, 3.8) is 0 Å². The third kappa shape index (κ3) is 2.19. The minimum Gasteiger partial charge on any atom is -0.303 e. The first kappa shape index (κ1) is 6.59. The first-order chi connectivity index (χ1) is 5.70. The van der Waals surface area contributed by atoms with E-state index in [4.69, 9.17) is 1.37 Å². The molecule has 0 aromatic heterocycles. The third-order valence-electron chi connectivity index (χ3n) is 1.76. The smallest absolute Gasteiger partial charge is 0.120 e. The Bertz CT molecular complexity index is 256. The molecule has 0 radical (unpaired) electrons. The summed E-state index contributed by atoms with van der Waals surface area (Å²) in [5, 5.41) is 0. The van der Waals surface area contributed by atoms with Gasteiger partial charge in [0.05, 0.1) is 0 Å². The molecule has 58 valence electrons. The van der Waals surface area contributed by atoms with Crippen LogP contribution in [-0.4, -0.2) is 6.26 Å². The Morgan fingerprint density at radius 3 is 2.73 bits per heavy atom. The van der Waals surface area contributed by atoms with E-state index in [1.54, 1.807) is 0 Å². The second-order valence-corrected chi connectivity index (χ2v) is 2.66. The second kappa shape index (κ2) is 3.91. The molecule has 0 saturated heterocycles. The lowest BCUT2D eigenvalue weighted by atomic mass is 9.99. The lowest BCUT2D eigenvalue weighted by Crippen LogP contribution is -1.92. The zero-order valence-corrected chi connectivity index (χ0v) is 6.58. The minimum absolute atomic E-state index is 0.163. The Balaban J connectivity index is 2.65. The zero-order valence-electron chi connectivity index (χ0n) is 7.58. The molecule has 0 saturated carbocycles. The van der Waals surface area contributed by atoms with E-state index in [-0.39, 0.29) is 5.92 Å². The number of benzene rings is 1. The molecular weight excluding hydrogens is 136 g/mol. The average Bonchev–Trinajstić information content (AvgIpc) is 2.05. The van der Waals surface area contributed by atoms with Crippen molar-refractivity contribution in [3.8, 4) is 0 Å². The number of hydrogen-bond acceptors (Lipinski definition) is 1. The fraction of sp³-hybridized carbons (Fsp3) is 0.300. The summed E-state index contributed by atoms with van der Waals surface area (Å²) in [6, 6.07) is 9.79. The molecule has 1 nitrogen and oxygen atoms in total. The number of hydrogen-bond donors (Lipinski definition) is 0. The third-order valence-corrected chi connectivity index (χ3v) is 1.76. The van der Waals surface area contributed by atoms with E-state index in [1.807, 2.05) is 37.3 Å². The normalized spacial score (nSPS) is 13.7. The maximum Gasteiger partial charge on any atom is 0.120 e. The fourth-order valence-corrected chi connectivity index (χ4v) is 1.02. The lowest BCUT2D eigenvalue weighted by molar-refractivity contribution is -0.108. The van der Waals surface area contributed by atoms with E-state index >= 15 is 0 Å². The summed E-state index contributed by atoms with van der Waals surface area (Å²) in [7, 11) is 0. The summed E-state index contributed by atoms with van der Waals surface area (Å²) in [6.07, 6.45) is -0.185. The van der Waals surface area contributed by atoms with E-state index in [1.165, 1.54) is 0 Å². The molecule has 0 aliphatic carbocycles. The molecule has 1 heteroatoms. The lowest BCUT2D eigenvalue weighted by Gasteiger charge is -2.06. The van der Waals surface area contributed by atoms with Gasteiger partial charge in [0.2, 0.25) is 0 Å². The molecule has 1 atom stereocenters. The van der Waals surface area contributed by atoms with Gasteiger partial charge in [-0.2, -0.15) is 0 Å². The molecule has 11 heavy (non-hydrogen) atoms. The molecular formula is C10H12O. The molecule has 0 bridgehead atoms. The van der Waals surface area contributed by atoms with Crippen LogP contribution in [-0.2, 0) is 4.79 Å². The maximum absolute atomic E-state index is 10.5. The van der Waals surface area contributed by atoms with E-state index < -0.39 is 6.26 Å². The largest absolute Gasteiger partial charge is 0.303 e. The van der Waals surface area contributed by atoms with Crippen LogP contribution >= 0.6 is 0 Å². The Hall–Kier alpha value is -1.11. The Morgan fingerprint density at radius 1 is 1.55 bits per heavy atom. The van der Waals surface area contributed by atoms with E-state index in [9.17, 15) is 4.79 Å². The van der Waals surface area contributed by atoms with Gasteiger partial charge in [-0.3, -0.25) is 0 Å². The monoisotopic (exact) mass is 149 g/mol. The molecule has 1 rings (SSSR count). The topological polar surface area (TPSA) is 17.1 Å². The van der Waals surface area contributed by atoms with Gasteiger partial charge in [0.1, 0.15) is 7.63 Å². The van der Waals surface area contributed by atoms with Crippen LogP contribution < -0.4 is 0 Å². The van der Waals surface area contributed by atoms with Gasteiger partial charge < -0.3 is 4.79 Å². The van der Waals surface area contributed by atoms with Gasteiger partial charge in [0.25, 0.3) is 0 Å². The SMILES string of the molecule is [2H]C(=O)C[C@H](C)c1ccccc1. The average molecular weight is 149 g/mol. The highest BCUT2D eigenvalue weighted by Crippen LogP contribution is 2.16. The van der Waals surface area contributed by atoms with E-state index in [0.29, 0.717) is 6.42 Å². The highest BCUT2D eigenvalue weighted by atomic mass is 16.1. The molecule has 0 amide bonds. The van der Waals surface area contributed by atoms with Crippen LogP contribution in [0.4, 0.5) is 0 Å². The molecule has 0 unspecified atom stereocenters. The molecule has 0 fully saturated rings. The van der Waals surface area contributed by atoms with Crippen molar-refractivity contribution in [3.05, 3.63) is 35.9 Å². The number of rotatable bonds is 3. The highest BCUT2D eigenvalue weighted by Gasteiger charge is 2.01. The van der Waals surface area contributed by atoms with Gasteiger partial charge in [-0.1, -0.05) is 37.3 Å². The van der Waals surface area contributed by atoms with Crippen molar-refractivity contribution >= 4 is 6.26 Å². The summed E-state index contributed by atoms with van der Waals surface area (Å²) >= 11 is 0. The predicted molar refractivity (Wildman–Crippen MR) is 45.5 cm³/mol. The van der Waals surface area contributed by atoms with Gasteiger partial charge in [0.15, 0.2) is 0 Å². The first-order valence-electron chi connectivity index (χ1n) is 4.24. The van der Waals surface area contributed by atoms with Crippen LogP contribution in [0.2, 0.25) is 0 Å². The molecule has 1 aromatic rings. The highest BCUT2D eigenvalue weighted by molar-refractivity contribution is 5.51. The summed E-state index contributed by atoms with van der Waals surface area (Å²) < 4.78 is 6.82. The van der Waals surface area contributed by atoms with Crippen molar-refractivity contribution < 1.29 is 6.17 Å². The second-order valence-electron chi connectivity index (χ2n) is 2.66. The van der Waals surface area contributed by atoms with Gasteiger partial charge in [0, 0.05) is 6.42 Å². The molecule has 0 N–H and O–H groups in total. The quantitative estimate of drug-likeness (QED) is 0.603. The molecule has 0 heterocycles. The number of carbonyl (C=O) groups excluding carboxylic acids is 1. The Labute approximate surface area is 68.5 Å². The maximum atomic E-state index is 10.5. The van der Waals surface area contributed by atoms with Crippen molar-refractivity contribution in [1.82, 2.24) is 0 Å². The number of aldehydes is 1. The number of carbonyl (C=O) groups is 1. The molecule has 0 aliphatic rings. The Kier molecular flexibility index (Phi) is 2.35. The Morgan fingerprint density at radius 2 is 2.18 bits per heavy atom.